The van der Waals surface area contributed by atoms with Crippen LogP contribution in [-0.4, -0.2) is 43.0 Å². The quantitative estimate of drug-likeness (QED) is 0.317. The number of hydrogen-bond acceptors (Lipinski definition) is 5. The summed E-state index contributed by atoms with van der Waals surface area (Å²) in [6, 6.07) is 13.3. The molecule has 7 heteroatoms. The first kappa shape index (κ1) is 23.3. The Morgan fingerprint density at radius 1 is 1.00 bits per heavy atom. The van der Waals surface area contributed by atoms with Crippen LogP contribution in [0.4, 0.5) is 0 Å². The van der Waals surface area contributed by atoms with Gasteiger partial charge in [-0.1, -0.05) is 26.0 Å². The minimum absolute atomic E-state index is 0.216. The van der Waals surface area contributed by atoms with E-state index in [1.54, 1.807) is 35.7 Å². The molecule has 3 rings (SSSR count). The molecule has 0 fully saturated rings. The molecule has 0 bridgehead atoms. The fourth-order valence-corrected chi connectivity index (χ4v) is 6.50. The maximum atomic E-state index is 13.7. The molecule has 2 aromatic carbocycles. The molecule has 0 saturated carbocycles. The van der Waals surface area contributed by atoms with Crippen molar-refractivity contribution in [3.8, 4) is 0 Å². The van der Waals surface area contributed by atoms with Gasteiger partial charge in [0.2, 0.25) is 0 Å². The van der Waals surface area contributed by atoms with Crippen molar-refractivity contribution in [3.05, 3.63) is 53.7 Å². The Morgan fingerprint density at radius 3 is 2.17 bits per heavy atom. The zero-order valence-corrected chi connectivity index (χ0v) is 21.1. The van der Waals surface area contributed by atoms with Gasteiger partial charge in [0, 0.05) is 20.9 Å². The number of rotatable bonds is 7. The number of hydrogen-bond donors (Lipinski definition) is 0. The van der Waals surface area contributed by atoms with E-state index >= 15 is 0 Å². The van der Waals surface area contributed by atoms with Crippen LogP contribution in [0.15, 0.2) is 57.2 Å². The molecule has 162 valence electrons. The highest BCUT2D eigenvalue weighted by Gasteiger charge is 2.26. The monoisotopic (exact) mass is 462 g/mol. The largest absolute Gasteiger partial charge is 0.298 e. The van der Waals surface area contributed by atoms with Crippen molar-refractivity contribution >= 4 is 44.4 Å². The summed E-state index contributed by atoms with van der Waals surface area (Å²) in [6.07, 6.45) is 2.04. The van der Waals surface area contributed by atoms with Crippen molar-refractivity contribution < 1.29 is 8.42 Å². The third kappa shape index (κ3) is 4.31. The molecule has 1 heterocycles. The van der Waals surface area contributed by atoms with Gasteiger partial charge in [-0.05, 0) is 76.0 Å². The van der Waals surface area contributed by atoms with Gasteiger partial charge in [-0.3, -0.25) is 4.90 Å². The fourth-order valence-electron chi connectivity index (χ4n) is 3.33. The van der Waals surface area contributed by atoms with E-state index < -0.39 is 10.0 Å². The van der Waals surface area contributed by atoms with Gasteiger partial charge in [0.1, 0.15) is 0 Å². The lowest BCUT2D eigenvalue weighted by atomic mass is 10.0. The van der Waals surface area contributed by atoms with Crippen LogP contribution in [0, 0.1) is 6.92 Å². The van der Waals surface area contributed by atoms with Gasteiger partial charge in [-0.2, -0.15) is 0 Å². The third-order valence-corrected chi connectivity index (χ3v) is 9.46. The van der Waals surface area contributed by atoms with E-state index in [-0.39, 0.29) is 5.37 Å². The maximum Gasteiger partial charge on any atom is 0.268 e. The minimum atomic E-state index is -3.71. The van der Waals surface area contributed by atoms with E-state index in [0.717, 1.165) is 32.0 Å². The molecule has 0 aliphatic rings. The van der Waals surface area contributed by atoms with E-state index in [2.05, 4.69) is 31.7 Å². The summed E-state index contributed by atoms with van der Waals surface area (Å²) in [7, 11) is 0.358. The summed E-state index contributed by atoms with van der Waals surface area (Å²) in [5.74, 6) is 0.358. The molecular weight excluding hydrogens is 432 g/mol. The Bertz CT molecular complexity index is 1150. The molecule has 0 aliphatic heterocycles. The van der Waals surface area contributed by atoms with Gasteiger partial charge in [0.15, 0.2) is 0 Å². The van der Waals surface area contributed by atoms with Crippen LogP contribution in [0.3, 0.4) is 0 Å². The Balaban J connectivity index is 2.23. The SMILES string of the molecule is CSc1ccc2c(c1)c(SC(C)N(C)C)c(C)n2S(=O)(=O)c1ccc(C(C)C)cc1. The van der Waals surface area contributed by atoms with E-state index in [9.17, 15) is 8.42 Å². The van der Waals surface area contributed by atoms with Gasteiger partial charge < -0.3 is 0 Å². The van der Waals surface area contributed by atoms with Crippen molar-refractivity contribution in [2.75, 3.05) is 20.4 Å². The van der Waals surface area contributed by atoms with Gasteiger partial charge in [0.05, 0.1) is 15.8 Å². The molecular formula is C23H30N2O2S3. The first-order chi connectivity index (χ1) is 14.1. The third-order valence-electron chi connectivity index (χ3n) is 5.40. The second kappa shape index (κ2) is 8.99. The smallest absolute Gasteiger partial charge is 0.268 e. The molecule has 30 heavy (non-hydrogen) atoms. The number of aromatic nitrogens is 1. The highest BCUT2D eigenvalue weighted by atomic mass is 32.2. The van der Waals surface area contributed by atoms with Crippen molar-refractivity contribution in [1.29, 1.82) is 0 Å². The van der Waals surface area contributed by atoms with Crippen LogP contribution in [0.25, 0.3) is 10.9 Å². The van der Waals surface area contributed by atoms with Crippen molar-refractivity contribution in [2.45, 2.75) is 53.7 Å². The van der Waals surface area contributed by atoms with Gasteiger partial charge >= 0.3 is 0 Å². The van der Waals surface area contributed by atoms with E-state index in [4.69, 9.17) is 0 Å². The molecule has 4 nitrogen and oxygen atoms in total. The molecule has 3 aromatic rings. The molecule has 0 spiro atoms. The summed E-state index contributed by atoms with van der Waals surface area (Å²) in [5.41, 5.74) is 2.62. The van der Waals surface area contributed by atoms with Crippen LogP contribution in [0.2, 0.25) is 0 Å². The Morgan fingerprint density at radius 2 is 1.63 bits per heavy atom. The van der Waals surface area contributed by atoms with Crippen LogP contribution < -0.4 is 0 Å². The molecule has 0 aliphatic carbocycles. The normalized spacial score (nSPS) is 13.5. The standard InChI is InChI=1S/C23H30N2O2S3/c1-15(2)18-8-11-20(12-9-18)30(26,27)25-16(3)23(29-17(4)24(5)6)21-14-19(28-7)10-13-22(21)25/h8-15,17H,1-7H3. The number of thioether (sulfide) groups is 2. The van der Waals surface area contributed by atoms with Crippen LogP contribution in [0.5, 0.6) is 0 Å². The van der Waals surface area contributed by atoms with Gasteiger partial charge in [-0.25, -0.2) is 12.4 Å². The Hall–Kier alpha value is -1.41. The van der Waals surface area contributed by atoms with Crippen molar-refractivity contribution in [1.82, 2.24) is 8.87 Å². The van der Waals surface area contributed by atoms with Gasteiger partial charge in [-0.15, -0.1) is 23.5 Å². The number of benzene rings is 2. The van der Waals surface area contributed by atoms with Gasteiger partial charge in [0.25, 0.3) is 10.0 Å². The fraction of sp³-hybridized carbons (Fsp3) is 0.391. The van der Waals surface area contributed by atoms with Crippen molar-refractivity contribution in [2.24, 2.45) is 0 Å². The molecule has 0 radical (unpaired) electrons. The van der Waals surface area contributed by atoms with Crippen LogP contribution >= 0.6 is 23.5 Å². The van der Waals surface area contributed by atoms with E-state index in [0.29, 0.717) is 10.8 Å². The van der Waals surface area contributed by atoms with Crippen LogP contribution in [-0.2, 0) is 10.0 Å². The molecule has 1 aromatic heterocycles. The maximum absolute atomic E-state index is 13.7. The first-order valence-corrected chi connectivity index (χ1v) is 13.5. The zero-order chi connectivity index (χ0) is 22.2. The molecule has 0 amide bonds. The number of fused-ring (bicyclic) bond motifs is 1. The number of nitrogens with zero attached hydrogens (tertiary/aromatic N) is 2. The topological polar surface area (TPSA) is 42.3 Å². The summed E-state index contributed by atoms with van der Waals surface area (Å²) < 4.78 is 28.9. The lowest BCUT2D eigenvalue weighted by Gasteiger charge is -2.19. The van der Waals surface area contributed by atoms with E-state index in [1.165, 1.54) is 3.97 Å². The van der Waals surface area contributed by atoms with Crippen LogP contribution in [0.1, 0.15) is 37.9 Å². The predicted octanol–water partition coefficient (Wildman–Crippen LogP) is 6.03. The van der Waals surface area contributed by atoms with Crippen molar-refractivity contribution in [3.63, 3.8) is 0 Å². The summed E-state index contributed by atoms with van der Waals surface area (Å²) in [4.78, 5) is 4.59. The second-order valence-electron chi connectivity index (χ2n) is 7.97. The minimum Gasteiger partial charge on any atom is -0.298 e. The molecule has 1 atom stereocenters. The lowest BCUT2D eigenvalue weighted by molar-refractivity contribution is 0.402. The summed E-state index contributed by atoms with van der Waals surface area (Å²) in [5, 5.41) is 1.20. The van der Waals surface area contributed by atoms with E-state index in [1.807, 2.05) is 51.5 Å². The molecule has 0 N–H and O–H groups in total. The second-order valence-corrected chi connectivity index (χ2v) is 12.0. The predicted molar refractivity (Wildman–Crippen MR) is 131 cm³/mol. The zero-order valence-electron chi connectivity index (χ0n) is 18.6. The lowest BCUT2D eigenvalue weighted by Crippen LogP contribution is -2.21. The average Bonchev–Trinajstić information content (AvgIpc) is 2.99. The summed E-state index contributed by atoms with van der Waals surface area (Å²) >= 11 is 3.36. The first-order valence-electron chi connectivity index (χ1n) is 9.95. The average molecular weight is 463 g/mol. The molecule has 0 saturated heterocycles. The Labute approximate surface area is 189 Å². The summed E-state index contributed by atoms with van der Waals surface area (Å²) in [6.45, 7) is 8.24. The highest BCUT2D eigenvalue weighted by Crippen LogP contribution is 2.40. The highest BCUT2D eigenvalue weighted by molar-refractivity contribution is 8.00. The Kier molecular flexibility index (Phi) is 6.97. The molecule has 1 unspecified atom stereocenters.